The van der Waals surface area contributed by atoms with Gasteiger partial charge in [0, 0.05) is 0 Å². The summed E-state index contributed by atoms with van der Waals surface area (Å²) in [6.07, 6.45) is 3.58. The molecule has 20 heavy (non-hydrogen) atoms. The number of nitrogens with zero attached hydrogens (tertiary/aromatic N) is 1. The van der Waals surface area contributed by atoms with Gasteiger partial charge in [0.15, 0.2) is 5.54 Å². The number of likely N-dealkylation sites (tertiary alicyclic amines) is 1. The van der Waals surface area contributed by atoms with Crippen molar-refractivity contribution in [3.05, 3.63) is 25.3 Å². The Labute approximate surface area is 120 Å². The second kappa shape index (κ2) is 5.69. The zero-order valence-corrected chi connectivity index (χ0v) is 12.6. The molecule has 0 N–H and O–H groups in total. The number of esters is 1. The predicted octanol–water partition coefficient (Wildman–Crippen LogP) is 2.67. The fraction of sp³-hybridized carbons (Fsp3) is 0.600. The van der Waals surface area contributed by atoms with Gasteiger partial charge in [-0.1, -0.05) is 12.2 Å². The highest BCUT2D eigenvalue weighted by Crippen LogP contribution is 2.37. The van der Waals surface area contributed by atoms with Crippen molar-refractivity contribution in [2.45, 2.75) is 50.8 Å². The maximum Gasteiger partial charge on any atom is 0.412 e. The summed E-state index contributed by atoms with van der Waals surface area (Å²) in [7, 11) is 1.29. The molecule has 2 atom stereocenters. The van der Waals surface area contributed by atoms with Crippen LogP contribution in [-0.2, 0) is 14.3 Å². The Morgan fingerprint density at radius 1 is 1.35 bits per heavy atom. The van der Waals surface area contributed by atoms with Crippen LogP contribution in [0.2, 0.25) is 0 Å². The number of hydrogen-bond acceptors (Lipinski definition) is 4. The van der Waals surface area contributed by atoms with Gasteiger partial charge in [0.1, 0.15) is 5.60 Å². The molecule has 0 saturated carbocycles. The topological polar surface area (TPSA) is 55.8 Å². The normalized spacial score (nSPS) is 26.0. The second-order valence-electron chi connectivity index (χ2n) is 5.81. The first-order valence-electron chi connectivity index (χ1n) is 6.58. The lowest BCUT2D eigenvalue weighted by atomic mass is 9.97. The van der Waals surface area contributed by atoms with Crippen molar-refractivity contribution < 1.29 is 19.1 Å². The van der Waals surface area contributed by atoms with E-state index in [2.05, 4.69) is 13.2 Å². The molecule has 1 rings (SSSR count). The molecule has 0 bridgehead atoms. The first-order chi connectivity index (χ1) is 9.21. The van der Waals surface area contributed by atoms with Crippen LogP contribution in [0, 0.1) is 0 Å². The van der Waals surface area contributed by atoms with Gasteiger partial charge in [-0.25, -0.2) is 9.59 Å². The first-order valence-corrected chi connectivity index (χ1v) is 6.58. The molecule has 1 saturated heterocycles. The van der Waals surface area contributed by atoms with E-state index in [4.69, 9.17) is 9.47 Å². The van der Waals surface area contributed by atoms with Crippen molar-refractivity contribution in [2.75, 3.05) is 7.11 Å². The van der Waals surface area contributed by atoms with E-state index in [1.165, 1.54) is 18.1 Å². The Bertz CT molecular complexity index is 424. The van der Waals surface area contributed by atoms with E-state index in [1.807, 2.05) is 0 Å². The number of methoxy groups -OCH3 is 1. The van der Waals surface area contributed by atoms with Crippen LogP contribution >= 0.6 is 0 Å². The van der Waals surface area contributed by atoms with Gasteiger partial charge in [0.2, 0.25) is 0 Å². The van der Waals surface area contributed by atoms with Crippen LogP contribution < -0.4 is 0 Å². The zero-order chi connectivity index (χ0) is 15.6. The van der Waals surface area contributed by atoms with E-state index >= 15 is 0 Å². The van der Waals surface area contributed by atoms with Crippen LogP contribution in [0.1, 0.15) is 33.6 Å². The quantitative estimate of drug-likeness (QED) is 0.589. The minimum atomic E-state index is -1.18. The van der Waals surface area contributed by atoms with E-state index < -0.39 is 23.2 Å². The van der Waals surface area contributed by atoms with Crippen molar-refractivity contribution in [2.24, 2.45) is 0 Å². The van der Waals surface area contributed by atoms with Crippen LogP contribution in [-0.4, -0.2) is 41.3 Å². The lowest BCUT2D eigenvalue weighted by molar-refractivity contribution is -0.150. The number of ether oxygens (including phenoxy) is 2. The maximum absolute atomic E-state index is 12.4. The van der Waals surface area contributed by atoms with Gasteiger partial charge >= 0.3 is 12.1 Å². The Morgan fingerprint density at radius 3 is 2.35 bits per heavy atom. The molecule has 1 amide bonds. The van der Waals surface area contributed by atoms with Crippen molar-refractivity contribution >= 4 is 12.1 Å². The summed E-state index contributed by atoms with van der Waals surface area (Å²) < 4.78 is 10.2. The summed E-state index contributed by atoms with van der Waals surface area (Å²) in [6, 6.07) is -0.276. The molecule has 112 valence electrons. The average Bonchev–Trinajstić information content (AvgIpc) is 2.75. The number of hydrogen-bond donors (Lipinski definition) is 0. The Morgan fingerprint density at radius 2 is 1.95 bits per heavy atom. The Kier molecular flexibility index (Phi) is 4.63. The lowest BCUT2D eigenvalue weighted by Crippen LogP contribution is -2.55. The summed E-state index contributed by atoms with van der Waals surface area (Å²) >= 11 is 0. The van der Waals surface area contributed by atoms with Crippen molar-refractivity contribution in [1.82, 2.24) is 4.90 Å². The van der Waals surface area contributed by atoms with Crippen molar-refractivity contribution in [3.63, 3.8) is 0 Å². The highest BCUT2D eigenvalue weighted by molar-refractivity contribution is 5.89. The molecule has 1 aliphatic heterocycles. The average molecular weight is 281 g/mol. The summed E-state index contributed by atoms with van der Waals surface area (Å²) in [5.41, 5.74) is -1.83. The van der Waals surface area contributed by atoms with Gasteiger partial charge in [-0.2, -0.15) is 0 Å². The van der Waals surface area contributed by atoms with Gasteiger partial charge in [0.05, 0.1) is 13.2 Å². The van der Waals surface area contributed by atoms with Gasteiger partial charge in [-0.3, -0.25) is 4.90 Å². The number of carbonyl (C=O) groups excluding carboxylic acids is 2. The first kappa shape index (κ1) is 16.3. The van der Waals surface area contributed by atoms with E-state index in [0.29, 0.717) is 12.8 Å². The second-order valence-corrected chi connectivity index (χ2v) is 5.81. The summed E-state index contributed by atoms with van der Waals surface area (Å²) in [5.74, 6) is -0.511. The SMILES string of the molecule is C=C[C@@H]1CC[C@@](C=C)(C(=O)OC)N1C(=O)OC(C)(C)C. The third-order valence-corrected chi connectivity index (χ3v) is 3.32. The van der Waals surface area contributed by atoms with Crippen LogP contribution in [0.4, 0.5) is 4.79 Å². The Balaban J connectivity index is 3.18. The summed E-state index contributed by atoms with van der Waals surface area (Å²) in [4.78, 5) is 25.9. The fourth-order valence-electron chi connectivity index (χ4n) is 2.41. The summed E-state index contributed by atoms with van der Waals surface area (Å²) in [6.45, 7) is 12.7. The van der Waals surface area contributed by atoms with Crippen LogP contribution in [0.5, 0.6) is 0 Å². The molecule has 0 spiro atoms. The summed E-state index contributed by atoms with van der Waals surface area (Å²) in [5, 5.41) is 0. The lowest BCUT2D eigenvalue weighted by Gasteiger charge is -2.36. The van der Waals surface area contributed by atoms with Crippen LogP contribution in [0.25, 0.3) is 0 Å². The molecule has 5 heteroatoms. The van der Waals surface area contributed by atoms with Crippen LogP contribution in [0.3, 0.4) is 0 Å². The molecule has 0 unspecified atom stereocenters. The smallest absolute Gasteiger partial charge is 0.412 e. The number of rotatable bonds is 3. The standard InChI is InChI=1S/C15H23NO4/c1-7-11-9-10-15(8-2,12(17)19-6)16(11)13(18)20-14(3,4)5/h7-8,11H,1-2,9-10H2,3-6H3/t11-,15+/m1/s1. The van der Waals surface area contributed by atoms with E-state index in [9.17, 15) is 9.59 Å². The molecule has 0 aromatic carbocycles. The molecule has 0 aliphatic carbocycles. The molecule has 5 nitrogen and oxygen atoms in total. The highest BCUT2D eigenvalue weighted by atomic mass is 16.6. The maximum atomic E-state index is 12.4. The van der Waals surface area contributed by atoms with Crippen molar-refractivity contribution in [3.8, 4) is 0 Å². The van der Waals surface area contributed by atoms with E-state index in [0.717, 1.165) is 0 Å². The van der Waals surface area contributed by atoms with Gasteiger partial charge in [-0.05, 0) is 33.6 Å². The highest BCUT2D eigenvalue weighted by Gasteiger charge is 2.53. The molecule has 0 aromatic heterocycles. The minimum absolute atomic E-state index is 0.276. The minimum Gasteiger partial charge on any atom is -0.467 e. The van der Waals surface area contributed by atoms with E-state index in [-0.39, 0.29) is 6.04 Å². The molecular formula is C15H23NO4. The zero-order valence-electron chi connectivity index (χ0n) is 12.6. The van der Waals surface area contributed by atoms with Gasteiger partial charge in [0.25, 0.3) is 0 Å². The van der Waals surface area contributed by atoms with Gasteiger partial charge < -0.3 is 9.47 Å². The Hall–Kier alpha value is -1.78. The predicted molar refractivity (Wildman–Crippen MR) is 76.2 cm³/mol. The largest absolute Gasteiger partial charge is 0.467 e. The number of carbonyl (C=O) groups is 2. The third kappa shape index (κ3) is 2.86. The van der Waals surface area contributed by atoms with Crippen LogP contribution in [0.15, 0.2) is 25.3 Å². The van der Waals surface area contributed by atoms with Crippen molar-refractivity contribution in [1.29, 1.82) is 0 Å². The van der Waals surface area contributed by atoms with E-state index in [1.54, 1.807) is 26.8 Å². The molecule has 0 radical (unpaired) electrons. The van der Waals surface area contributed by atoms with Gasteiger partial charge in [-0.15, -0.1) is 13.2 Å². The molecule has 1 heterocycles. The molecule has 1 fully saturated rings. The fourth-order valence-corrected chi connectivity index (χ4v) is 2.41. The molecule has 1 aliphatic rings. The molecule has 0 aromatic rings. The monoisotopic (exact) mass is 281 g/mol. The molecular weight excluding hydrogens is 258 g/mol. The number of amides is 1. The third-order valence-electron chi connectivity index (χ3n) is 3.32.